The van der Waals surface area contributed by atoms with Gasteiger partial charge >= 0.3 is 5.97 Å². The molecule has 0 saturated carbocycles. The van der Waals surface area contributed by atoms with E-state index >= 15 is 0 Å². The zero-order valence-corrected chi connectivity index (χ0v) is 14.5. The van der Waals surface area contributed by atoms with Gasteiger partial charge in [0.1, 0.15) is 0 Å². The molecule has 0 bridgehead atoms. The van der Waals surface area contributed by atoms with Crippen LogP contribution in [0.2, 0.25) is 0 Å². The fraction of sp³-hybridized carbons (Fsp3) is 0.500. The molecule has 1 aliphatic rings. The fourth-order valence-corrected chi connectivity index (χ4v) is 2.95. The van der Waals surface area contributed by atoms with Crippen molar-refractivity contribution in [3.63, 3.8) is 0 Å². The van der Waals surface area contributed by atoms with Crippen LogP contribution in [0.3, 0.4) is 0 Å². The van der Waals surface area contributed by atoms with Crippen molar-refractivity contribution in [1.82, 2.24) is 10.2 Å². The van der Waals surface area contributed by atoms with E-state index in [4.69, 9.17) is 9.84 Å². The molecule has 1 aliphatic heterocycles. The molecular weight excluding hydrogens is 324 g/mol. The minimum absolute atomic E-state index is 0.0367. The summed E-state index contributed by atoms with van der Waals surface area (Å²) in [7, 11) is 1.57. The van der Waals surface area contributed by atoms with Gasteiger partial charge in [0.15, 0.2) is 0 Å². The fourth-order valence-electron chi connectivity index (χ4n) is 2.95. The van der Waals surface area contributed by atoms with Crippen LogP contribution in [0.5, 0.6) is 0 Å². The van der Waals surface area contributed by atoms with Gasteiger partial charge in [-0.1, -0.05) is 0 Å². The summed E-state index contributed by atoms with van der Waals surface area (Å²) in [6.45, 7) is 3.22. The van der Waals surface area contributed by atoms with Crippen molar-refractivity contribution < 1.29 is 24.2 Å². The van der Waals surface area contributed by atoms with Gasteiger partial charge in [0, 0.05) is 31.8 Å². The number of hydrogen-bond acceptors (Lipinski definition) is 4. The van der Waals surface area contributed by atoms with Gasteiger partial charge in [-0.15, -0.1) is 0 Å². The third-order valence-electron chi connectivity index (χ3n) is 4.50. The Morgan fingerprint density at radius 2 is 1.84 bits per heavy atom. The molecule has 1 aromatic carbocycles. The SMILES string of the molecule is COCCNC(=O)C1CCC(C)N(C(=O)c2ccc(C(=O)O)cc2)C1. The number of carboxylic acids is 1. The molecule has 1 aromatic rings. The van der Waals surface area contributed by atoms with Crippen molar-refractivity contribution in [1.29, 1.82) is 0 Å². The van der Waals surface area contributed by atoms with Gasteiger partial charge in [-0.25, -0.2) is 4.79 Å². The molecule has 0 aromatic heterocycles. The number of piperidine rings is 1. The third-order valence-corrected chi connectivity index (χ3v) is 4.50. The highest BCUT2D eigenvalue weighted by atomic mass is 16.5. The Morgan fingerprint density at radius 1 is 1.20 bits per heavy atom. The van der Waals surface area contributed by atoms with Crippen LogP contribution < -0.4 is 5.32 Å². The average Bonchev–Trinajstić information content (AvgIpc) is 2.61. The van der Waals surface area contributed by atoms with Crippen molar-refractivity contribution in [3.8, 4) is 0 Å². The van der Waals surface area contributed by atoms with E-state index in [1.165, 1.54) is 24.3 Å². The van der Waals surface area contributed by atoms with E-state index in [9.17, 15) is 14.4 Å². The third kappa shape index (κ3) is 4.79. The number of amides is 2. The standard InChI is InChI=1S/C18H24N2O5/c1-12-3-4-15(16(21)19-9-10-25-2)11-20(12)17(22)13-5-7-14(8-6-13)18(23)24/h5-8,12,15H,3-4,9-11H2,1-2H3,(H,19,21)(H,23,24). The maximum absolute atomic E-state index is 12.7. The van der Waals surface area contributed by atoms with Gasteiger partial charge in [-0.2, -0.15) is 0 Å². The second-order valence-corrected chi connectivity index (χ2v) is 6.25. The largest absolute Gasteiger partial charge is 0.478 e. The molecule has 2 rings (SSSR count). The molecule has 2 atom stereocenters. The van der Waals surface area contributed by atoms with Crippen LogP contribution in [0.4, 0.5) is 0 Å². The van der Waals surface area contributed by atoms with Crippen LogP contribution in [0.1, 0.15) is 40.5 Å². The van der Waals surface area contributed by atoms with Crippen molar-refractivity contribution in [2.75, 3.05) is 26.8 Å². The minimum Gasteiger partial charge on any atom is -0.478 e. The van der Waals surface area contributed by atoms with Crippen LogP contribution in [0, 0.1) is 5.92 Å². The van der Waals surface area contributed by atoms with E-state index in [2.05, 4.69) is 5.32 Å². The maximum Gasteiger partial charge on any atom is 0.335 e. The second kappa shape index (κ2) is 8.62. The van der Waals surface area contributed by atoms with E-state index in [-0.39, 0.29) is 29.3 Å². The summed E-state index contributed by atoms with van der Waals surface area (Å²) in [5, 5.41) is 11.8. The first-order valence-corrected chi connectivity index (χ1v) is 8.35. The number of nitrogens with zero attached hydrogens (tertiary/aromatic N) is 1. The summed E-state index contributed by atoms with van der Waals surface area (Å²) in [5.74, 6) is -1.52. The van der Waals surface area contributed by atoms with Crippen molar-refractivity contribution in [2.45, 2.75) is 25.8 Å². The number of aromatic carboxylic acids is 1. The minimum atomic E-state index is -1.03. The number of carbonyl (C=O) groups excluding carboxylic acids is 2. The van der Waals surface area contributed by atoms with Crippen LogP contribution in [-0.4, -0.2) is 60.6 Å². The van der Waals surface area contributed by atoms with Gasteiger partial charge in [-0.05, 0) is 44.0 Å². The predicted octanol–water partition coefficient (Wildman–Crippen LogP) is 1.39. The Kier molecular flexibility index (Phi) is 6.52. The van der Waals surface area contributed by atoms with Gasteiger partial charge in [0.2, 0.25) is 5.91 Å². The lowest BCUT2D eigenvalue weighted by Crippen LogP contribution is -2.49. The number of nitrogens with one attached hydrogen (secondary N) is 1. The summed E-state index contributed by atoms with van der Waals surface area (Å²) in [6, 6.07) is 5.90. The summed E-state index contributed by atoms with van der Waals surface area (Å²) in [4.78, 5) is 37.6. The molecule has 7 heteroatoms. The summed E-state index contributed by atoms with van der Waals surface area (Å²) < 4.78 is 4.92. The van der Waals surface area contributed by atoms with Crippen LogP contribution in [-0.2, 0) is 9.53 Å². The number of carboxylic acid groups (broad SMARTS) is 1. The monoisotopic (exact) mass is 348 g/mol. The first-order chi connectivity index (χ1) is 11.9. The van der Waals surface area contributed by atoms with Crippen LogP contribution >= 0.6 is 0 Å². The van der Waals surface area contributed by atoms with Crippen LogP contribution in [0.15, 0.2) is 24.3 Å². The van der Waals surface area contributed by atoms with Gasteiger partial charge in [0.05, 0.1) is 18.1 Å². The zero-order valence-electron chi connectivity index (χ0n) is 14.5. The smallest absolute Gasteiger partial charge is 0.335 e. The second-order valence-electron chi connectivity index (χ2n) is 6.25. The Morgan fingerprint density at radius 3 is 2.44 bits per heavy atom. The molecular formula is C18H24N2O5. The molecule has 0 spiro atoms. The van der Waals surface area contributed by atoms with E-state index in [0.29, 0.717) is 25.3 Å². The van der Waals surface area contributed by atoms with E-state index < -0.39 is 5.97 Å². The molecule has 1 saturated heterocycles. The summed E-state index contributed by atoms with van der Waals surface area (Å²) >= 11 is 0. The maximum atomic E-state index is 12.7. The van der Waals surface area contributed by atoms with E-state index in [1.54, 1.807) is 12.0 Å². The number of benzene rings is 1. The van der Waals surface area contributed by atoms with Gasteiger partial charge in [0.25, 0.3) is 5.91 Å². The molecule has 0 aliphatic carbocycles. The lowest BCUT2D eigenvalue weighted by molar-refractivity contribution is -0.126. The molecule has 2 unspecified atom stereocenters. The first-order valence-electron chi connectivity index (χ1n) is 8.35. The zero-order chi connectivity index (χ0) is 18.4. The summed E-state index contributed by atoms with van der Waals surface area (Å²) in [6.07, 6.45) is 1.49. The quantitative estimate of drug-likeness (QED) is 0.758. The van der Waals surface area contributed by atoms with Crippen molar-refractivity contribution in [3.05, 3.63) is 35.4 Å². The topological polar surface area (TPSA) is 95.9 Å². The molecule has 2 N–H and O–H groups in total. The highest BCUT2D eigenvalue weighted by Gasteiger charge is 2.32. The number of methoxy groups -OCH3 is 1. The number of carbonyl (C=O) groups is 3. The lowest BCUT2D eigenvalue weighted by Gasteiger charge is -2.37. The number of likely N-dealkylation sites (tertiary alicyclic amines) is 1. The molecule has 1 heterocycles. The molecule has 2 amide bonds. The van der Waals surface area contributed by atoms with Gasteiger partial charge < -0.3 is 20.1 Å². The van der Waals surface area contributed by atoms with Gasteiger partial charge in [-0.3, -0.25) is 9.59 Å². The van der Waals surface area contributed by atoms with Crippen LogP contribution in [0.25, 0.3) is 0 Å². The molecule has 1 fully saturated rings. The number of hydrogen-bond donors (Lipinski definition) is 2. The Labute approximate surface area is 147 Å². The van der Waals surface area contributed by atoms with E-state index in [1.807, 2.05) is 6.92 Å². The Hall–Kier alpha value is -2.41. The number of ether oxygens (including phenoxy) is 1. The first kappa shape index (κ1) is 18.9. The molecule has 136 valence electrons. The Balaban J connectivity index is 2.04. The van der Waals surface area contributed by atoms with Crippen molar-refractivity contribution >= 4 is 17.8 Å². The predicted molar refractivity (Wildman–Crippen MR) is 91.5 cm³/mol. The highest BCUT2D eigenvalue weighted by Crippen LogP contribution is 2.24. The molecule has 25 heavy (non-hydrogen) atoms. The summed E-state index contributed by atoms with van der Waals surface area (Å²) in [5.41, 5.74) is 0.566. The molecule has 0 radical (unpaired) electrons. The number of rotatable bonds is 6. The van der Waals surface area contributed by atoms with E-state index in [0.717, 1.165) is 12.8 Å². The lowest BCUT2D eigenvalue weighted by atomic mass is 9.92. The Bertz CT molecular complexity index is 629. The molecule has 7 nitrogen and oxygen atoms in total. The van der Waals surface area contributed by atoms with Crippen molar-refractivity contribution in [2.24, 2.45) is 5.92 Å². The normalized spacial score (nSPS) is 20.2. The highest BCUT2D eigenvalue weighted by molar-refractivity contribution is 5.96. The average molecular weight is 348 g/mol.